The molecule has 0 radical (unpaired) electrons. The first-order chi connectivity index (χ1) is 11.4. The Labute approximate surface area is 143 Å². The average Bonchev–Trinajstić information content (AvgIpc) is 2.99. The quantitative estimate of drug-likeness (QED) is 0.824. The van der Waals surface area contributed by atoms with Crippen LogP contribution in [0.2, 0.25) is 0 Å². The Morgan fingerprint density at radius 2 is 1.79 bits per heavy atom. The van der Waals surface area contributed by atoms with Crippen molar-refractivity contribution >= 4 is 17.0 Å². The van der Waals surface area contributed by atoms with Crippen molar-refractivity contribution in [3.63, 3.8) is 0 Å². The van der Waals surface area contributed by atoms with E-state index in [0.29, 0.717) is 12.0 Å². The van der Waals surface area contributed by atoms with Gasteiger partial charge in [0.1, 0.15) is 5.75 Å². The number of alkyl halides is 3. The predicted molar refractivity (Wildman–Crippen MR) is 90.0 cm³/mol. The summed E-state index contributed by atoms with van der Waals surface area (Å²) in [7, 11) is 0. The van der Waals surface area contributed by atoms with E-state index in [-0.39, 0.29) is 0 Å². The number of hydrogen-bond acceptors (Lipinski definition) is 3. The highest BCUT2D eigenvalue weighted by Crippen LogP contribution is 2.32. The van der Waals surface area contributed by atoms with E-state index in [4.69, 9.17) is 0 Å². The van der Waals surface area contributed by atoms with Crippen LogP contribution in [0.25, 0.3) is 0 Å². The van der Waals surface area contributed by atoms with Crippen LogP contribution in [-0.2, 0) is 17.5 Å². The Morgan fingerprint density at radius 3 is 2.33 bits per heavy atom. The lowest BCUT2D eigenvalue weighted by Gasteiger charge is -2.33. The number of halogens is 3. The van der Waals surface area contributed by atoms with Crippen molar-refractivity contribution in [2.45, 2.75) is 44.3 Å². The fourth-order valence-electron chi connectivity index (χ4n) is 3.59. The zero-order chi connectivity index (χ0) is 17.2. The topological polar surface area (TPSA) is 38.3 Å². The van der Waals surface area contributed by atoms with Crippen molar-refractivity contribution in [1.29, 1.82) is 0 Å². The molecule has 2 aliphatic rings. The zero-order valence-electron chi connectivity index (χ0n) is 13.5. The molecule has 1 aromatic rings. The van der Waals surface area contributed by atoms with Gasteiger partial charge in [-0.25, -0.2) is 0 Å². The second-order valence-electron chi connectivity index (χ2n) is 6.65. The Bertz CT molecular complexity index is 530. The van der Waals surface area contributed by atoms with E-state index in [9.17, 15) is 17.7 Å². The van der Waals surface area contributed by atoms with Gasteiger partial charge in [0.15, 0.2) is 0 Å². The van der Waals surface area contributed by atoms with E-state index >= 15 is 0 Å². The standard InChI is InChI=1S/C17H23F3N2OS/c18-17(19,20)14-4-6-15(7-5-14)21-12-13-2-8-16(9-3-13)22-10-1-11-24(22)23/h4-7,13,16,21H,1-3,8-12H2/t13-,16-,24?. The number of nitrogens with zero attached hydrogens (tertiary/aromatic N) is 1. The lowest BCUT2D eigenvalue weighted by atomic mass is 9.86. The minimum Gasteiger partial charge on any atom is -0.598 e. The van der Waals surface area contributed by atoms with Gasteiger partial charge in [-0.1, -0.05) is 0 Å². The summed E-state index contributed by atoms with van der Waals surface area (Å²) >= 11 is -0.787. The van der Waals surface area contributed by atoms with Crippen LogP contribution in [0.3, 0.4) is 0 Å². The number of anilines is 1. The minimum atomic E-state index is -4.29. The van der Waals surface area contributed by atoms with E-state index in [1.54, 1.807) is 0 Å². The summed E-state index contributed by atoms with van der Waals surface area (Å²) in [5.74, 6) is 1.33. The van der Waals surface area contributed by atoms with E-state index in [1.165, 1.54) is 12.1 Å². The summed E-state index contributed by atoms with van der Waals surface area (Å²) in [6.45, 7) is 1.73. The van der Waals surface area contributed by atoms with Gasteiger partial charge in [0, 0.05) is 36.6 Å². The van der Waals surface area contributed by atoms with E-state index < -0.39 is 23.1 Å². The minimum absolute atomic E-state index is 0.440. The molecule has 0 spiro atoms. The molecule has 0 bridgehead atoms. The van der Waals surface area contributed by atoms with Gasteiger partial charge in [0.05, 0.1) is 11.6 Å². The maximum absolute atomic E-state index is 12.5. The van der Waals surface area contributed by atoms with Gasteiger partial charge < -0.3 is 9.87 Å². The monoisotopic (exact) mass is 360 g/mol. The SMILES string of the molecule is [O-][S+]1CCCN1[C@H]1CC[C@H](CNc2ccc(C(F)(F)F)cc2)CC1. The van der Waals surface area contributed by atoms with Crippen molar-refractivity contribution in [3.05, 3.63) is 29.8 Å². The number of benzene rings is 1. The maximum atomic E-state index is 12.5. The second-order valence-corrected chi connectivity index (χ2v) is 8.17. The van der Waals surface area contributed by atoms with E-state index in [2.05, 4.69) is 9.62 Å². The molecule has 1 aliphatic carbocycles. The highest BCUT2D eigenvalue weighted by atomic mass is 32.2. The highest BCUT2D eigenvalue weighted by molar-refractivity contribution is 7.89. The van der Waals surface area contributed by atoms with Gasteiger partial charge in [0.25, 0.3) is 0 Å². The molecule has 1 aromatic carbocycles. The molecule has 3 rings (SSSR count). The van der Waals surface area contributed by atoms with Gasteiger partial charge in [-0.05, 0) is 55.9 Å². The lowest BCUT2D eigenvalue weighted by molar-refractivity contribution is -0.137. The largest absolute Gasteiger partial charge is 0.598 e. The third-order valence-corrected chi connectivity index (χ3v) is 6.63. The molecular weight excluding hydrogens is 337 g/mol. The molecule has 3 nitrogen and oxygen atoms in total. The van der Waals surface area contributed by atoms with Crippen LogP contribution in [0, 0.1) is 5.92 Å². The van der Waals surface area contributed by atoms with Crippen molar-refractivity contribution in [3.8, 4) is 0 Å². The van der Waals surface area contributed by atoms with Crippen LogP contribution in [0.5, 0.6) is 0 Å². The summed E-state index contributed by atoms with van der Waals surface area (Å²) in [5.41, 5.74) is 0.109. The molecular formula is C17H23F3N2OS. The van der Waals surface area contributed by atoms with Gasteiger partial charge in [-0.2, -0.15) is 13.2 Å². The average molecular weight is 360 g/mol. The van der Waals surface area contributed by atoms with Crippen LogP contribution < -0.4 is 5.32 Å². The molecule has 24 heavy (non-hydrogen) atoms. The maximum Gasteiger partial charge on any atom is 0.416 e. The Morgan fingerprint density at radius 1 is 1.12 bits per heavy atom. The van der Waals surface area contributed by atoms with Crippen molar-refractivity contribution in [2.75, 3.05) is 24.2 Å². The Balaban J connectivity index is 1.43. The van der Waals surface area contributed by atoms with Crippen LogP contribution in [0.4, 0.5) is 18.9 Å². The third kappa shape index (κ3) is 4.37. The second kappa shape index (κ2) is 7.54. The summed E-state index contributed by atoms with van der Waals surface area (Å²) in [5, 5.41) is 3.25. The van der Waals surface area contributed by atoms with Gasteiger partial charge >= 0.3 is 6.18 Å². The number of nitrogens with one attached hydrogen (secondary N) is 1. The third-order valence-electron chi connectivity index (χ3n) is 4.99. The van der Waals surface area contributed by atoms with E-state index in [1.807, 2.05) is 0 Å². The first-order valence-electron chi connectivity index (χ1n) is 8.50. The molecule has 1 N–H and O–H groups in total. The molecule has 2 fully saturated rings. The zero-order valence-corrected chi connectivity index (χ0v) is 14.3. The molecule has 0 amide bonds. The highest BCUT2D eigenvalue weighted by Gasteiger charge is 2.36. The van der Waals surface area contributed by atoms with Gasteiger partial charge in [-0.15, -0.1) is 4.31 Å². The smallest absolute Gasteiger partial charge is 0.416 e. The fraction of sp³-hybridized carbons (Fsp3) is 0.647. The first-order valence-corrected chi connectivity index (χ1v) is 9.77. The van der Waals surface area contributed by atoms with Crippen LogP contribution >= 0.6 is 0 Å². The molecule has 1 atom stereocenters. The van der Waals surface area contributed by atoms with Crippen LogP contribution in [-0.4, -0.2) is 33.7 Å². The lowest BCUT2D eigenvalue weighted by Crippen LogP contribution is -2.39. The normalized spacial score (nSPS) is 28.9. The molecule has 1 saturated heterocycles. The van der Waals surface area contributed by atoms with Crippen molar-refractivity contribution in [1.82, 2.24) is 4.31 Å². The van der Waals surface area contributed by atoms with Crippen molar-refractivity contribution < 1.29 is 17.7 Å². The summed E-state index contributed by atoms with van der Waals surface area (Å²) in [4.78, 5) is 0. The molecule has 134 valence electrons. The van der Waals surface area contributed by atoms with Gasteiger partial charge in [0.2, 0.25) is 0 Å². The van der Waals surface area contributed by atoms with Crippen LogP contribution in [0.15, 0.2) is 24.3 Å². The molecule has 1 heterocycles. The molecule has 1 saturated carbocycles. The van der Waals surface area contributed by atoms with Crippen molar-refractivity contribution in [2.24, 2.45) is 5.92 Å². The van der Waals surface area contributed by atoms with Gasteiger partial charge in [-0.3, -0.25) is 0 Å². The molecule has 1 aliphatic heterocycles. The summed E-state index contributed by atoms with van der Waals surface area (Å²) in [6, 6.07) is 5.64. The van der Waals surface area contributed by atoms with Crippen LogP contribution in [0.1, 0.15) is 37.7 Å². The number of hydrogen-bond donors (Lipinski definition) is 1. The fourth-order valence-corrected chi connectivity index (χ4v) is 5.07. The Kier molecular flexibility index (Phi) is 5.62. The predicted octanol–water partition coefficient (Wildman–Crippen LogP) is 4.05. The number of rotatable bonds is 4. The molecule has 1 unspecified atom stereocenters. The Hall–Kier alpha value is -0.920. The first kappa shape index (κ1) is 17.9. The summed E-state index contributed by atoms with van der Waals surface area (Å²) < 4.78 is 51.7. The summed E-state index contributed by atoms with van der Waals surface area (Å²) in [6.07, 6.45) is 1.02. The molecule has 0 aromatic heterocycles. The molecule has 7 heteroatoms. The van der Waals surface area contributed by atoms with E-state index in [0.717, 1.165) is 68.8 Å².